The lowest BCUT2D eigenvalue weighted by Gasteiger charge is -2.25. The van der Waals surface area contributed by atoms with Gasteiger partial charge in [-0.15, -0.1) is 0 Å². The minimum absolute atomic E-state index is 0.0494. The number of Topliss-reactive ketones (excluding diaryl/α,β-unsaturated/α-hetero) is 2. The van der Waals surface area contributed by atoms with Crippen LogP contribution in [0.2, 0.25) is 0 Å². The van der Waals surface area contributed by atoms with Crippen molar-refractivity contribution in [1.29, 1.82) is 0 Å². The molecule has 0 fully saturated rings. The predicted molar refractivity (Wildman–Crippen MR) is 64.2 cm³/mol. The third-order valence-electron chi connectivity index (χ3n) is 3.30. The Morgan fingerprint density at radius 2 is 1.94 bits per heavy atom. The number of ketones is 2. The number of allylic oxidation sites excluding steroid dienone is 3. The number of phenols is 1. The maximum absolute atomic E-state index is 12.2. The molecule has 0 heterocycles. The summed E-state index contributed by atoms with van der Waals surface area (Å²) in [6, 6.07) is 4.51. The largest absolute Gasteiger partial charge is 0.508 e. The summed E-state index contributed by atoms with van der Waals surface area (Å²) in [5, 5.41) is 18.8. The molecule has 0 radical (unpaired) electrons. The van der Waals surface area contributed by atoms with Gasteiger partial charge in [0.25, 0.3) is 0 Å². The van der Waals surface area contributed by atoms with E-state index in [9.17, 15) is 19.8 Å². The highest BCUT2D eigenvalue weighted by atomic mass is 16.3. The van der Waals surface area contributed by atoms with Gasteiger partial charge in [0, 0.05) is 12.0 Å². The van der Waals surface area contributed by atoms with Gasteiger partial charge in [0.15, 0.2) is 11.5 Å². The van der Waals surface area contributed by atoms with Crippen LogP contribution in [0.3, 0.4) is 0 Å². The lowest BCUT2D eigenvalue weighted by molar-refractivity contribution is -0.117. The average molecular weight is 242 g/mol. The molecule has 1 aromatic rings. The van der Waals surface area contributed by atoms with Crippen LogP contribution in [0, 0.1) is 5.92 Å². The van der Waals surface area contributed by atoms with Crippen molar-refractivity contribution in [3.8, 4) is 5.75 Å². The monoisotopic (exact) mass is 242 g/mol. The second kappa shape index (κ2) is 3.57. The Labute approximate surface area is 103 Å². The first-order valence-corrected chi connectivity index (χ1v) is 5.58. The number of hydrogen-bond acceptors (Lipinski definition) is 4. The molecule has 0 saturated carbocycles. The van der Waals surface area contributed by atoms with Crippen LogP contribution >= 0.6 is 0 Å². The number of hydrogen-bond donors (Lipinski definition) is 2. The Kier molecular flexibility index (Phi) is 2.13. The van der Waals surface area contributed by atoms with Gasteiger partial charge in [-0.1, -0.05) is 6.08 Å². The van der Waals surface area contributed by atoms with E-state index in [0.29, 0.717) is 16.7 Å². The summed E-state index contributed by atoms with van der Waals surface area (Å²) in [5.74, 6) is -1.35. The van der Waals surface area contributed by atoms with E-state index in [2.05, 4.69) is 0 Å². The molecule has 4 heteroatoms. The second-order valence-electron chi connectivity index (χ2n) is 4.48. The number of benzene rings is 1. The molecular formula is C14H10O4. The van der Waals surface area contributed by atoms with Crippen molar-refractivity contribution < 1.29 is 19.8 Å². The quantitative estimate of drug-likeness (QED) is 0.729. The fourth-order valence-corrected chi connectivity index (χ4v) is 2.39. The van der Waals surface area contributed by atoms with Gasteiger partial charge in [-0.25, -0.2) is 0 Å². The SMILES string of the molecule is O=C1CC2=Cc3cc(O)ccc3C(=O)C2C=C1O. The number of phenolic OH excluding ortho intramolecular Hbond substituents is 1. The number of aliphatic hydroxyl groups is 1. The number of carbonyl (C=O) groups excluding carboxylic acids is 2. The smallest absolute Gasteiger partial charge is 0.200 e. The number of fused-ring (bicyclic) bond motifs is 2. The molecule has 0 aromatic heterocycles. The lowest BCUT2D eigenvalue weighted by atomic mass is 9.77. The first-order chi connectivity index (χ1) is 8.56. The van der Waals surface area contributed by atoms with Crippen molar-refractivity contribution in [2.75, 3.05) is 0 Å². The van der Waals surface area contributed by atoms with E-state index in [1.54, 1.807) is 12.1 Å². The predicted octanol–water partition coefficient (Wildman–Crippen LogP) is 2.00. The molecule has 1 unspecified atom stereocenters. The molecule has 0 saturated heterocycles. The maximum atomic E-state index is 12.2. The maximum Gasteiger partial charge on any atom is 0.200 e. The summed E-state index contributed by atoms with van der Waals surface area (Å²) >= 11 is 0. The summed E-state index contributed by atoms with van der Waals surface area (Å²) < 4.78 is 0. The Balaban J connectivity index is 2.18. The van der Waals surface area contributed by atoms with Crippen molar-refractivity contribution in [2.24, 2.45) is 5.92 Å². The fraction of sp³-hybridized carbons (Fsp3) is 0.143. The average Bonchev–Trinajstić information content (AvgIpc) is 2.32. The number of carbonyl (C=O) groups is 2. The third kappa shape index (κ3) is 1.46. The van der Waals surface area contributed by atoms with Crippen LogP contribution in [0.15, 0.2) is 35.6 Å². The van der Waals surface area contributed by atoms with Gasteiger partial charge in [-0.2, -0.15) is 0 Å². The van der Waals surface area contributed by atoms with E-state index in [0.717, 1.165) is 0 Å². The van der Waals surface area contributed by atoms with Gasteiger partial charge in [-0.3, -0.25) is 9.59 Å². The Morgan fingerprint density at radius 3 is 2.72 bits per heavy atom. The van der Waals surface area contributed by atoms with Crippen molar-refractivity contribution in [3.05, 3.63) is 46.7 Å². The number of aliphatic hydroxyl groups excluding tert-OH is 1. The van der Waals surface area contributed by atoms with Crippen molar-refractivity contribution in [2.45, 2.75) is 6.42 Å². The van der Waals surface area contributed by atoms with Gasteiger partial charge >= 0.3 is 0 Å². The van der Waals surface area contributed by atoms with E-state index >= 15 is 0 Å². The molecule has 1 aromatic carbocycles. The zero-order valence-electron chi connectivity index (χ0n) is 9.38. The molecule has 4 nitrogen and oxygen atoms in total. The van der Waals surface area contributed by atoms with Gasteiger partial charge in [0.1, 0.15) is 5.75 Å². The molecule has 2 N–H and O–H groups in total. The van der Waals surface area contributed by atoms with Crippen LogP contribution in [0.25, 0.3) is 6.08 Å². The molecule has 1 atom stereocenters. The van der Waals surface area contributed by atoms with Crippen LogP contribution in [0.5, 0.6) is 5.75 Å². The molecule has 0 spiro atoms. The van der Waals surface area contributed by atoms with Crippen LogP contribution in [0.1, 0.15) is 22.3 Å². The van der Waals surface area contributed by atoms with Crippen LogP contribution < -0.4 is 0 Å². The normalized spacial score (nSPS) is 21.9. The highest BCUT2D eigenvalue weighted by molar-refractivity contribution is 6.10. The van der Waals surface area contributed by atoms with E-state index in [-0.39, 0.29) is 29.5 Å². The highest BCUT2D eigenvalue weighted by Gasteiger charge is 2.34. The van der Waals surface area contributed by atoms with E-state index in [1.165, 1.54) is 18.2 Å². The van der Waals surface area contributed by atoms with Crippen molar-refractivity contribution in [3.63, 3.8) is 0 Å². The van der Waals surface area contributed by atoms with Gasteiger partial charge in [0.2, 0.25) is 5.78 Å². The first kappa shape index (κ1) is 10.8. The Morgan fingerprint density at radius 1 is 1.17 bits per heavy atom. The van der Waals surface area contributed by atoms with Crippen LogP contribution in [-0.2, 0) is 4.79 Å². The number of aromatic hydroxyl groups is 1. The number of rotatable bonds is 0. The summed E-state index contributed by atoms with van der Waals surface area (Å²) in [7, 11) is 0. The molecule has 3 rings (SSSR count). The van der Waals surface area contributed by atoms with Crippen molar-refractivity contribution in [1.82, 2.24) is 0 Å². The third-order valence-corrected chi connectivity index (χ3v) is 3.30. The van der Waals surface area contributed by atoms with Crippen LogP contribution in [-0.4, -0.2) is 21.8 Å². The minimum Gasteiger partial charge on any atom is -0.508 e. The molecule has 90 valence electrons. The molecule has 0 amide bonds. The Bertz CT molecular complexity index is 637. The van der Waals surface area contributed by atoms with Gasteiger partial charge < -0.3 is 10.2 Å². The molecular weight excluding hydrogens is 232 g/mol. The zero-order valence-corrected chi connectivity index (χ0v) is 9.38. The zero-order chi connectivity index (χ0) is 12.9. The minimum atomic E-state index is -0.556. The van der Waals surface area contributed by atoms with Crippen molar-refractivity contribution >= 4 is 17.6 Å². The Hall–Kier alpha value is -2.36. The summed E-state index contributed by atoms with van der Waals surface area (Å²) in [6.45, 7) is 0. The van der Waals surface area contributed by atoms with Gasteiger partial charge in [0.05, 0.1) is 5.92 Å². The van der Waals surface area contributed by atoms with E-state index < -0.39 is 5.92 Å². The van der Waals surface area contributed by atoms with E-state index in [1.807, 2.05) is 0 Å². The standard InChI is InChI=1S/C14H10O4/c15-9-1-2-10-7(4-9)3-8-5-12(16)13(17)6-11(8)14(10)18/h1-4,6,11,15,17H,5H2. The molecule has 0 bridgehead atoms. The molecule has 0 aliphatic heterocycles. The van der Waals surface area contributed by atoms with E-state index in [4.69, 9.17) is 0 Å². The first-order valence-electron chi connectivity index (χ1n) is 5.58. The van der Waals surface area contributed by atoms with Gasteiger partial charge in [-0.05, 0) is 35.4 Å². The summed E-state index contributed by atoms with van der Waals surface area (Å²) in [6.07, 6.45) is 3.09. The molecule has 2 aliphatic carbocycles. The summed E-state index contributed by atoms with van der Waals surface area (Å²) in [4.78, 5) is 23.6. The molecule has 18 heavy (non-hydrogen) atoms. The highest BCUT2D eigenvalue weighted by Crippen LogP contribution is 2.36. The summed E-state index contributed by atoms with van der Waals surface area (Å²) in [5.41, 5.74) is 1.79. The molecule has 2 aliphatic rings. The van der Waals surface area contributed by atoms with Crippen LogP contribution in [0.4, 0.5) is 0 Å². The lowest BCUT2D eigenvalue weighted by Crippen LogP contribution is -2.26. The second-order valence-corrected chi connectivity index (χ2v) is 4.48. The topological polar surface area (TPSA) is 74.6 Å². The fourth-order valence-electron chi connectivity index (χ4n) is 2.39.